The Morgan fingerprint density at radius 1 is 0.968 bits per heavy atom. The average molecular weight is 461 g/mol. The molecule has 0 aliphatic heterocycles. The predicted molar refractivity (Wildman–Crippen MR) is 118 cm³/mol. The fraction of sp³-hybridized carbons (Fsp3) is 0.0909. The number of hydrogen-bond acceptors (Lipinski definition) is 4. The number of ketones is 1. The van der Waals surface area contributed by atoms with Gasteiger partial charge in [0.2, 0.25) is 0 Å². The topological polar surface area (TPSA) is 83.5 Å². The van der Waals surface area contributed by atoms with Gasteiger partial charge in [-0.15, -0.1) is 0 Å². The number of carbonyl (C=O) groups is 2. The summed E-state index contributed by atoms with van der Waals surface area (Å²) in [6.45, 7) is 1.37. The Bertz CT molecular complexity index is 1260. The van der Waals surface area contributed by atoms with Gasteiger partial charge in [-0.05, 0) is 61.5 Å². The smallest absolute Gasteiger partial charge is 0.264 e. The van der Waals surface area contributed by atoms with E-state index < -0.39 is 21.7 Å². The minimum atomic E-state index is -4.05. The van der Waals surface area contributed by atoms with Crippen LogP contribution in [0.15, 0.2) is 71.6 Å². The first-order valence-corrected chi connectivity index (χ1v) is 10.9. The summed E-state index contributed by atoms with van der Waals surface area (Å²) in [5, 5.41) is 2.64. The molecule has 3 aromatic rings. The molecule has 3 aromatic carbocycles. The van der Waals surface area contributed by atoms with Crippen molar-refractivity contribution in [2.45, 2.75) is 11.8 Å². The monoisotopic (exact) mass is 460 g/mol. The van der Waals surface area contributed by atoms with Crippen LogP contribution in [0.1, 0.15) is 27.6 Å². The van der Waals surface area contributed by atoms with Crippen LogP contribution in [0, 0.1) is 5.82 Å². The third-order valence-electron chi connectivity index (χ3n) is 4.59. The SMILES string of the molecule is CC(=O)c1ccccc1NC(=O)c1cc(S(=O)(=O)N(C)c2ccc(F)cc2)ccc1Cl. The maximum absolute atomic E-state index is 13.2. The molecule has 0 bridgehead atoms. The van der Waals surface area contributed by atoms with Gasteiger partial charge in [-0.2, -0.15) is 0 Å². The summed E-state index contributed by atoms with van der Waals surface area (Å²) < 4.78 is 40.2. The number of carbonyl (C=O) groups excluding carboxylic acids is 2. The van der Waals surface area contributed by atoms with Gasteiger partial charge < -0.3 is 5.32 Å². The van der Waals surface area contributed by atoms with Crippen LogP contribution in [-0.2, 0) is 10.0 Å². The summed E-state index contributed by atoms with van der Waals surface area (Å²) in [6, 6.07) is 15.1. The van der Waals surface area contributed by atoms with Gasteiger partial charge in [-0.3, -0.25) is 13.9 Å². The standard InChI is InChI=1S/C22H18ClFN2O4S/c1-14(27)18-5-3-4-6-21(18)25-22(28)19-13-17(11-12-20(19)23)31(29,30)26(2)16-9-7-15(24)8-10-16/h3-13H,1-2H3,(H,25,28). The highest BCUT2D eigenvalue weighted by Crippen LogP contribution is 2.27. The summed E-state index contributed by atoms with van der Waals surface area (Å²) in [4.78, 5) is 24.4. The van der Waals surface area contributed by atoms with Gasteiger partial charge in [0, 0.05) is 12.6 Å². The van der Waals surface area contributed by atoms with Crippen molar-refractivity contribution in [3.05, 3.63) is 88.7 Å². The van der Waals surface area contributed by atoms with E-state index in [-0.39, 0.29) is 32.6 Å². The number of halogens is 2. The van der Waals surface area contributed by atoms with Crippen molar-refractivity contribution in [3.8, 4) is 0 Å². The molecule has 3 rings (SSSR count). The Hall–Kier alpha value is -3.23. The van der Waals surface area contributed by atoms with E-state index in [0.29, 0.717) is 5.56 Å². The molecule has 0 aliphatic carbocycles. The first-order valence-electron chi connectivity index (χ1n) is 9.06. The zero-order valence-corrected chi connectivity index (χ0v) is 18.2. The normalized spacial score (nSPS) is 11.1. The molecule has 0 saturated carbocycles. The lowest BCUT2D eigenvalue weighted by molar-refractivity contribution is 0.101. The molecule has 1 amide bonds. The van der Waals surface area contributed by atoms with Crippen LogP contribution in [0.5, 0.6) is 0 Å². The second-order valence-electron chi connectivity index (χ2n) is 6.65. The van der Waals surface area contributed by atoms with Crippen molar-refractivity contribution in [2.24, 2.45) is 0 Å². The van der Waals surface area contributed by atoms with Crippen molar-refractivity contribution < 1.29 is 22.4 Å². The molecule has 0 aromatic heterocycles. The Morgan fingerprint density at radius 3 is 2.26 bits per heavy atom. The van der Waals surface area contributed by atoms with E-state index >= 15 is 0 Å². The van der Waals surface area contributed by atoms with Crippen LogP contribution >= 0.6 is 11.6 Å². The second-order valence-corrected chi connectivity index (χ2v) is 9.02. The molecule has 0 heterocycles. The lowest BCUT2D eigenvalue weighted by atomic mass is 10.1. The van der Waals surface area contributed by atoms with Crippen LogP contribution in [0.25, 0.3) is 0 Å². The van der Waals surface area contributed by atoms with Crippen molar-refractivity contribution in [1.82, 2.24) is 0 Å². The van der Waals surface area contributed by atoms with E-state index in [1.54, 1.807) is 24.3 Å². The molecule has 0 fully saturated rings. The van der Waals surface area contributed by atoms with Gasteiger partial charge in [-0.1, -0.05) is 23.7 Å². The number of rotatable bonds is 6. The van der Waals surface area contributed by atoms with Crippen LogP contribution in [0.3, 0.4) is 0 Å². The maximum Gasteiger partial charge on any atom is 0.264 e. The Balaban J connectivity index is 1.95. The van der Waals surface area contributed by atoms with Gasteiger partial charge in [0.15, 0.2) is 5.78 Å². The lowest BCUT2D eigenvalue weighted by Crippen LogP contribution is -2.27. The quantitative estimate of drug-likeness (QED) is 0.537. The molecule has 0 aliphatic rings. The van der Waals surface area contributed by atoms with Crippen LogP contribution in [-0.4, -0.2) is 27.2 Å². The van der Waals surface area contributed by atoms with E-state index in [9.17, 15) is 22.4 Å². The molecule has 31 heavy (non-hydrogen) atoms. The largest absolute Gasteiger partial charge is 0.321 e. The molecule has 1 N–H and O–H groups in total. The van der Waals surface area contributed by atoms with Crippen molar-refractivity contribution in [3.63, 3.8) is 0 Å². The molecule has 0 spiro atoms. The van der Waals surface area contributed by atoms with Gasteiger partial charge in [0.25, 0.3) is 15.9 Å². The number of amides is 1. The van der Waals surface area contributed by atoms with Crippen LogP contribution in [0.4, 0.5) is 15.8 Å². The highest BCUT2D eigenvalue weighted by atomic mass is 35.5. The Kier molecular flexibility index (Phi) is 6.42. The first kappa shape index (κ1) is 22.5. The van der Waals surface area contributed by atoms with E-state index in [0.717, 1.165) is 22.5 Å². The molecular formula is C22H18ClFN2O4S. The van der Waals surface area contributed by atoms with Crippen molar-refractivity contribution in [2.75, 3.05) is 16.7 Å². The van der Waals surface area contributed by atoms with Gasteiger partial charge >= 0.3 is 0 Å². The minimum absolute atomic E-state index is 0.0428. The number of hydrogen-bond donors (Lipinski definition) is 1. The zero-order valence-electron chi connectivity index (χ0n) is 16.6. The molecule has 0 atom stereocenters. The van der Waals surface area contributed by atoms with Crippen LogP contribution < -0.4 is 9.62 Å². The molecule has 0 radical (unpaired) electrons. The highest BCUT2D eigenvalue weighted by Gasteiger charge is 2.24. The van der Waals surface area contributed by atoms with Gasteiger partial charge in [0.05, 0.1) is 26.9 Å². The van der Waals surface area contributed by atoms with Gasteiger partial charge in [-0.25, -0.2) is 12.8 Å². The summed E-state index contributed by atoms with van der Waals surface area (Å²) in [5.74, 6) is -1.40. The number of nitrogens with zero attached hydrogens (tertiary/aromatic N) is 1. The van der Waals surface area contributed by atoms with E-state index in [1.807, 2.05) is 0 Å². The summed E-state index contributed by atoms with van der Waals surface area (Å²) in [7, 11) is -2.73. The van der Waals surface area contributed by atoms with Crippen LogP contribution in [0.2, 0.25) is 5.02 Å². The minimum Gasteiger partial charge on any atom is -0.321 e. The van der Waals surface area contributed by atoms with Gasteiger partial charge in [0.1, 0.15) is 5.82 Å². The van der Waals surface area contributed by atoms with Crippen molar-refractivity contribution >= 4 is 44.7 Å². The number of benzene rings is 3. The van der Waals surface area contributed by atoms with E-state index in [2.05, 4.69) is 5.32 Å². The average Bonchev–Trinajstić information content (AvgIpc) is 2.74. The molecule has 160 valence electrons. The lowest BCUT2D eigenvalue weighted by Gasteiger charge is -2.20. The van der Waals surface area contributed by atoms with E-state index in [1.165, 1.54) is 38.2 Å². The third-order valence-corrected chi connectivity index (χ3v) is 6.70. The zero-order chi connectivity index (χ0) is 22.8. The fourth-order valence-electron chi connectivity index (χ4n) is 2.88. The first-order chi connectivity index (χ1) is 14.6. The second kappa shape index (κ2) is 8.87. The summed E-state index contributed by atoms with van der Waals surface area (Å²) >= 11 is 6.15. The molecule has 6 nitrogen and oxygen atoms in total. The molecular weight excluding hydrogens is 443 g/mol. The molecule has 0 unspecified atom stereocenters. The maximum atomic E-state index is 13.2. The third kappa shape index (κ3) is 4.76. The fourth-order valence-corrected chi connectivity index (χ4v) is 4.30. The van der Waals surface area contributed by atoms with E-state index in [4.69, 9.17) is 11.6 Å². The summed E-state index contributed by atoms with van der Waals surface area (Å²) in [5.41, 5.74) is 0.769. The number of Topliss-reactive ketones (excluding diaryl/α,β-unsaturated/α-hetero) is 1. The molecule has 9 heteroatoms. The predicted octanol–water partition coefficient (Wildman–Crippen LogP) is 4.76. The number of para-hydroxylation sites is 1. The molecule has 0 saturated heterocycles. The highest BCUT2D eigenvalue weighted by molar-refractivity contribution is 7.92. The Morgan fingerprint density at radius 2 is 1.61 bits per heavy atom. The number of anilines is 2. The number of sulfonamides is 1. The summed E-state index contributed by atoms with van der Waals surface area (Å²) in [6.07, 6.45) is 0. The van der Waals surface area contributed by atoms with Crippen molar-refractivity contribution in [1.29, 1.82) is 0 Å². The Labute approximate surface area is 184 Å². The number of nitrogens with one attached hydrogen (secondary N) is 1.